The molecule has 0 unspecified atom stereocenters. The lowest BCUT2D eigenvalue weighted by atomic mass is 10.2. The van der Waals surface area contributed by atoms with E-state index in [4.69, 9.17) is 4.74 Å². The Balaban J connectivity index is 1.76. The lowest BCUT2D eigenvalue weighted by Gasteiger charge is -2.08. The van der Waals surface area contributed by atoms with Gasteiger partial charge in [-0.3, -0.25) is 4.79 Å². The fraction of sp³-hybridized carbons (Fsp3) is 0.118. The van der Waals surface area contributed by atoms with E-state index in [9.17, 15) is 9.18 Å². The smallest absolute Gasteiger partial charge is 0.261 e. The quantitative estimate of drug-likeness (QED) is 0.791. The molecule has 5 heteroatoms. The van der Waals surface area contributed by atoms with Crippen LogP contribution in [0.4, 0.5) is 4.39 Å². The zero-order valence-corrected chi connectivity index (χ0v) is 12.7. The predicted octanol–water partition coefficient (Wildman–Crippen LogP) is 3.98. The molecule has 1 heterocycles. The summed E-state index contributed by atoms with van der Waals surface area (Å²) in [6, 6.07) is 13.8. The molecule has 0 atom stereocenters. The number of fused-ring (bicyclic) bond motifs is 1. The van der Waals surface area contributed by atoms with Crippen LogP contribution in [0.15, 0.2) is 48.5 Å². The summed E-state index contributed by atoms with van der Waals surface area (Å²) in [5.74, 6) is 0.264. The number of amides is 1. The average Bonchev–Trinajstić information content (AvgIpc) is 2.96. The number of benzene rings is 2. The van der Waals surface area contributed by atoms with Crippen molar-refractivity contribution in [1.82, 2.24) is 5.32 Å². The first-order valence-corrected chi connectivity index (χ1v) is 7.58. The summed E-state index contributed by atoms with van der Waals surface area (Å²) in [4.78, 5) is 12.8. The van der Waals surface area contributed by atoms with E-state index >= 15 is 0 Å². The van der Waals surface area contributed by atoms with Gasteiger partial charge in [0.05, 0.1) is 12.0 Å². The molecule has 3 nitrogen and oxygen atoms in total. The summed E-state index contributed by atoms with van der Waals surface area (Å²) in [5.41, 5.74) is 0.908. The summed E-state index contributed by atoms with van der Waals surface area (Å²) in [6.07, 6.45) is 0. The van der Waals surface area contributed by atoms with Gasteiger partial charge in [-0.2, -0.15) is 0 Å². The molecule has 0 aliphatic carbocycles. The molecule has 0 spiro atoms. The molecular formula is C17H14FNO2S. The van der Waals surface area contributed by atoms with Crippen molar-refractivity contribution in [2.24, 2.45) is 0 Å². The highest BCUT2D eigenvalue weighted by atomic mass is 32.1. The Hall–Kier alpha value is -2.40. The number of hydrogen-bond donors (Lipinski definition) is 1. The van der Waals surface area contributed by atoms with Gasteiger partial charge in [-0.05, 0) is 35.7 Å². The minimum atomic E-state index is -0.300. The SMILES string of the molecule is COc1ccccc1CNC(=O)c1cc2cc(F)ccc2s1. The molecule has 0 saturated carbocycles. The number of halogens is 1. The first-order chi connectivity index (χ1) is 10.7. The molecule has 2 aromatic carbocycles. The molecule has 22 heavy (non-hydrogen) atoms. The Bertz CT molecular complexity index is 828. The number of para-hydroxylation sites is 1. The first-order valence-electron chi connectivity index (χ1n) is 6.76. The van der Waals surface area contributed by atoms with Crippen molar-refractivity contribution in [3.63, 3.8) is 0 Å². The number of hydrogen-bond acceptors (Lipinski definition) is 3. The number of nitrogens with one attached hydrogen (secondary N) is 1. The fourth-order valence-corrected chi connectivity index (χ4v) is 3.20. The van der Waals surface area contributed by atoms with Gasteiger partial charge in [-0.25, -0.2) is 4.39 Å². The van der Waals surface area contributed by atoms with Gasteiger partial charge in [-0.15, -0.1) is 11.3 Å². The first kappa shape index (κ1) is 14.5. The topological polar surface area (TPSA) is 38.3 Å². The van der Waals surface area contributed by atoms with E-state index in [0.717, 1.165) is 21.4 Å². The second kappa shape index (κ2) is 6.15. The van der Waals surface area contributed by atoms with Crippen LogP contribution in [0, 0.1) is 5.82 Å². The van der Waals surface area contributed by atoms with Crippen LogP contribution >= 0.6 is 11.3 Å². The molecule has 0 aliphatic rings. The van der Waals surface area contributed by atoms with Crippen molar-refractivity contribution < 1.29 is 13.9 Å². The number of thiophene rings is 1. The molecule has 1 amide bonds. The van der Waals surface area contributed by atoms with Gasteiger partial charge in [0.25, 0.3) is 5.91 Å². The lowest BCUT2D eigenvalue weighted by Crippen LogP contribution is -2.22. The molecule has 3 aromatic rings. The highest BCUT2D eigenvalue weighted by Gasteiger charge is 2.11. The van der Waals surface area contributed by atoms with Crippen molar-refractivity contribution in [2.75, 3.05) is 7.11 Å². The minimum absolute atomic E-state index is 0.174. The standard InChI is InChI=1S/C17H14FNO2S/c1-21-14-5-3-2-4-11(14)10-19-17(20)16-9-12-8-13(18)6-7-15(12)22-16/h2-9H,10H2,1H3,(H,19,20). The molecule has 0 radical (unpaired) electrons. The van der Waals surface area contributed by atoms with Crippen LogP contribution in [0.2, 0.25) is 0 Å². The van der Waals surface area contributed by atoms with Crippen molar-refractivity contribution in [2.45, 2.75) is 6.54 Å². The van der Waals surface area contributed by atoms with Crippen molar-refractivity contribution in [3.05, 3.63) is 64.8 Å². The van der Waals surface area contributed by atoms with Crippen LogP contribution in [-0.4, -0.2) is 13.0 Å². The molecule has 112 valence electrons. The molecule has 0 saturated heterocycles. The van der Waals surface area contributed by atoms with Crippen LogP contribution in [0.1, 0.15) is 15.2 Å². The minimum Gasteiger partial charge on any atom is -0.496 e. The third kappa shape index (κ3) is 2.94. The van der Waals surface area contributed by atoms with E-state index in [1.54, 1.807) is 19.2 Å². The fourth-order valence-electron chi connectivity index (χ4n) is 2.24. The highest BCUT2D eigenvalue weighted by Crippen LogP contribution is 2.26. The number of ether oxygens (including phenoxy) is 1. The van der Waals surface area contributed by atoms with Crippen LogP contribution in [0.25, 0.3) is 10.1 Å². The third-order valence-corrected chi connectivity index (χ3v) is 4.45. The second-order valence-electron chi connectivity index (χ2n) is 4.79. The third-order valence-electron chi connectivity index (χ3n) is 3.33. The maximum atomic E-state index is 13.2. The summed E-state index contributed by atoms with van der Waals surface area (Å²) in [6.45, 7) is 0.380. The van der Waals surface area contributed by atoms with E-state index in [2.05, 4.69) is 5.32 Å². The normalized spacial score (nSPS) is 10.6. The van der Waals surface area contributed by atoms with E-state index in [1.807, 2.05) is 24.3 Å². The van der Waals surface area contributed by atoms with E-state index in [-0.39, 0.29) is 11.7 Å². The molecule has 1 aromatic heterocycles. The molecule has 0 bridgehead atoms. The van der Waals surface area contributed by atoms with E-state index in [1.165, 1.54) is 23.5 Å². The Labute approximate surface area is 131 Å². The number of methoxy groups -OCH3 is 1. The van der Waals surface area contributed by atoms with Gasteiger partial charge in [0.15, 0.2) is 0 Å². The summed E-state index contributed by atoms with van der Waals surface area (Å²) in [7, 11) is 1.60. The molecule has 1 N–H and O–H groups in total. The number of carbonyl (C=O) groups is 1. The highest BCUT2D eigenvalue weighted by molar-refractivity contribution is 7.20. The molecular weight excluding hydrogens is 301 g/mol. The zero-order valence-electron chi connectivity index (χ0n) is 11.9. The average molecular weight is 315 g/mol. The van der Waals surface area contributed by atoms with Crippen molar-refractivity contribution >= 4 is 27.3 Å². The molecule has 0 fully saturated rings. The van der Waals surface area contributed by atoms with Gasteiger partial charge in [0.2, 0.25) is 0 Å². The summed E-state index contributed by atoms with van der Waals surface area (Å²) < 4.78 is 19.3. The van der Waals surface area contributed by atoms with Gasteiger partial charge < -0.3 is 10.1 Å². The number of carbonyl (C=O) groups excluding carboxylic acids is 1. The maximum absolute atomic E-state index is 13.2. The van der Waals surface area contributed by atoms with Gasteiger partial charge >= 0.3 is 0 Å². The monoisotopic (exact) mass is 315 g/mol. The van der Waals surface area contributed by atoms with E-state index in [0.29, 0.717) is 11.4 Å². The second-order valence-corrected chi connectivity index (χ2v) is 5.87. The summed E-state index contributed by atoms with van der Waals surface area (Å²) >= 11 is 1.35. The molecule has 0 aliphatic heterocycles. The Morgan fingerprint density at radius 2 is 2.05 bits per heavy atom. The van der Waals surface area contributed by atoms with Gasteiger partial charge in [-0.1, -0.05) is 18.2 Å². The van der Waals surface area contributed by atoms with Gasteiger partial charge in [0.1, 0.15) is 11.6 Å². The Kier molecular flexibility index (Phi) is 4.06. The van der Waals surface area contributed by atoms with Crippen LogP contribution in [0.5, 0.6) is 5.75 Å². The van der Waals surface area contributed by atoms with E-state index < -0.39 is 0 Å². The maximum Gasteiger partial charge on any atom is 0.261 e. The zero-order chi connectivity index (χ0) is 15.5. The lowest BCUT2D eigenvalue weighted by molar-refractivity contribution is 0.0955. The predicted molar refractivity (Wildman–Crippen MR) is 85.9 cm³/mol. The van der Waals surface area contributed by atoms with Crippen molar-refractivity contribution in [3.8, 4) is 5.75 Å². The van der Waals surface area contributed by atoms with Crippen LogP contribution < -0.4 is 10.1 Å². The van der Waals surface area contributed by atoms with Crippen LogP contribution in [-0.2, 0) is 6.54 Å². The summed E-state index contributed by atoms with van der Waals surface area (Å²) in [5, 5.41) is 3.61. The van der Waals surface area contributed by atoms with Crippen LogP contribution in [0.3, 0.4) is 0 Å². The van der Waals surface area contributed by atoms with Gasteiger partial charge in [0, 0.05) is 16.8 Å². The number of rotatable bonds is 4. The molecule has 3 rings (SSSR count). The largest absolute Gasteiger partial charge is 0.496 e. The Morgan fingerprint density at radius 1 is 1.23 bits per heavy atom. The Morgan fingerprint density at radius 3 is 2.86 bits per heavy atom. The van der Waals surface area contributed by atoms with Crippen molar-refractivity contribution in [1.29, 1.82) is 0 Å².